The molecule has 18 heteroatoms. The Bertz CT molecular complexity index is 2590. The summed E-state index contributed by atoms with van der Waals surface area (Å²) in [6.07, 6.45) is -0.288. The summed E-state index contributed by atoms with van der Waals surface area (Å²) in [6.45, 7) is 21.3. The molecule has 2 aromatic carbocycles. The number of carbonyl (C=O) groups excluding carboxylic acids is 3. The van der Waals surface area contributed by atoms with Gasteiger partial charge in [-0.15, -0.1) is 11.3 Å². The van der Waals surface area contributed by atoms with Crippen molar-refractivity contribution in [1.29, 1.82) is 10.5 Å². The number of anilines is 1. The second-order valence-corrected chi connectivity index (χ2v) is 22.1. The Balaban J connectivity index is 0.832. The van der Waals surface area contributed by atoms with Gasteiger partial charge in [-0.25, -0.2) is 9.97 Å². The molecule has 2 aromatic heterocycles. The number of β-amino-alcohol motifs (C(OH)–C–C–N with tert-alkyl or cyclic N) is 1. The number of pyridine rings is 1. The fourth-order valence-corrected chi connectivity index (χ4v) is 11.4. The number of nitrogens with one attached hydrogen (secondary N) is 3. The van der Waals surface area contributed by atoms with E-state index >= 15 is 0 Å². The quantitative estimate of drug-likeness (QED) is 0.0675. The Labute approximate surface area is 421 Å². The number of aryl methyl sites for hydroxylation is 1. The van der Waals surface area contributed by atoms with Gasteiger partial charge in [-0.2, -0.15) is 10.5 Å². The Morgan fingerprint density at radius 2 is 1.61 bits per heavy atom. The van der Waals surface area contributed by atoms with Gasteiger partial charge in [-0.1, -0.05) is 72.7 Å². The van der Waals surface area contributed by atoms with Crippen LogP contribution in [0.4, 0.5) is 5.82 Å². The Morgan fingerprint density at radius 1 is 0.930 bits per heavy atom. The van der Waals surface area contributed by atoms with E-state index in [2.05, 4.69) is 64.5 Å². The fourth-order valence-electron chi connectivity index (χ4n) is 10.6. The number of hydrogen-bond acceptors (Lipinski definition) is 15. The monoisotopic (exact) mass is 988 g/mol. The third kappa shape index (κ3) is 11.9. The minimum Gasteiger partial charge on any atom is -0.489 e. The van der Waals surface area contributed by atoms with Crippen LogP contribution in [0.15, 0.2) is 66.3 Å². The third-order valence-electron chi connectivity index (χ3n) is 14.3. The molecule has 2 saturated heterocycles. The number of amides is 3. The topological polar surface area (TPSA) is 229 Å². The van der Waals surface area contributed by atoms with E-state index in [1.165, 1.54) is 4.90 Å². The van der Waals surface area contributed by atoms with Gasteiger partial charge in [0.2, 0.25) is 17.7 Å². The lowest BCUT2D eigenvalue weighted by molar-refractivity contribution is -0.179. The molecule has 1 aliphatic carbocycles. The van der Waals surface area contributed by atoms with Crippen LogP contribution in [-0.4, -0.2) is 131 Å². The second kappa shape index (κ2) is 21.8. The van der Waals surface area contributed by atoms with Crippen LogP contribution in [0.2, 0.25) is 0 Å². The van der Waals surface area contributed by atoms with E-state index in [4.69, 9.17) is 14.5 Å². The zero-order valence-electron chi connectivity index (χ0n) is 42.2. The zero-order chi connectivity index (χ0) is 51.4. The number of piperazine rings is 1. The van der Waals surface area contributed by atoms with E-state index in [1.54, 1.807) is 35.7 Å². The largest absolute Gasteiger partial charge is 0.489 e. The van der Waals surface area contributed by atoms with E-state index in [0.29, 0.717) is 30.0 Å². The molecular formula is C53H68N10O7S. The summed E-state index contributed by atoms with van der Waals surface area (Å²) in [5.74, 6) is 0.0792. The maximum absolute atomic E-state index is 14.1. The third-order valence-corrected chi connectivity index (χ3v) is 15.3. The van der Waals surface area contributed by atoms with Gasteiger partial charge >= 0.3 is 0 Å². The first kappa shape index (κ1) is 52.8. The summed E-state index contributed by atoms with van der Waals surface area (Å²) in [4.78, 5) is 57.1. The van der Waals surface area contributed by atoms with Gasteiger partial charge in [0, 0.05) is 74.3 Å². The van der Waals surface area contributed by atoms with Crippen LogP contribution in [0.1, 0.15) is 102 Å². The van der Waals surface area contributed by atoms with Crippen molar-refractivity contribution in [2.45, 2.75) is 111 Å². The number of ether oxygens (including phenoxy) is 2. The van der Waals surface area contributed by atoms with Gasteiger partial charge in [-0.3, -0.25) is 24.6 Å². The molecule has 71 heavy (non-hydrogen) atoms. The average molecular weight is 989 g/mol. The van der Waals surface area contributed by atoms with Crippen LogP contribution in [0.3, 0.4) is 0 Å². The molecule has 7 rings (SSSR count). The first-order valence-electron chi connectivity index (χ1n) is 24.3. The second-order valence-electron chi connectivity index (χ2n) is 21.3. The van der Waals surface area contributed by atoms with Crippen molar-refractivity contribution in [2.75, 3.05) is 57.4 Å². The summed E-state index contributed by atoms with van der Waals surface area (Å²) >= 11 is 1.57. The molecule has 1 saturated carbocycles. The first-order valence-corrected chi connectivity index (χ1v) is 25.1. The molecule has 1 unspecified atom stereocenters. The van der Waals surface area contributed by atoms with E-state index in [-0.39, 0.29) is 60.1 Å². The molecule has 17 nitrogen and oxygen atoms in total. The Morgan fingerprint density at radius 3 is 2.21 bits per heavy atom. The summed E-state index contributed by atoms with van der Waals surface area (Å²) in [5, 5.41) is 50.1. The van der Waals surface area contributed by atoms with Crippen molar-refractivity contribution in [3.05, 3.63) is 94.3 Å². The van der Waals surface area contributed by atoms with Crippen molar-refractivity contribution in [2.24, 2.45) is 16.2 Å². The lowest BCUT2D eigenvalue weighted by atomic mass is 9.49. The predicted molar refractivity (Wildman–Crippen MR) is 270 cm³/mol. The molecule has 5 N–H and O–H groups in total. The summed E-state index contributed by atoms with van der Waals surface area (Å²) in [7, 11) is 0. The molecule has 3 amide bonds. The number of nitriles is 2. The average Bonchev–Trinajstić information content (AvgIpc) is 3.97. The number of rotatable bonds is 17. The van der Waals surface area contributed by atoms with Crippen LogP contribution < -0.4 is 25.6 Å². The summed E-state index contributed by atoms with van der Waals surface area (Å²) < 4.78 is 12.2. The van der Waals surface area contributed by atoms with Gasteiger partial charge in [0.1, 0.15) is 54.7 Å². The van der Waals surface area contributed by atoms with Gasteiger partial charge in [-0.05, 0) is 60.7 Å². The van der Waals surface area contributed by atoms with Crippen molar-refractivity contribution < 1.29 is 34.1 Å². The van der Waals surface area contributed by atoms with Crippen molar-refractivity contribution >= 4 is 34.9 Å². The van der Waals surface area contributed by atoms with E-state index in [0.717, 1.165) is 53.7 Å². The lowest BCUT2D eigenvalue weighted by Gasteiger charge is -2.63. The van der Waals surface area contributed by atoms with Gasteiger partial charge < -0.3 is 40.1 Å². The molecule has 0 radical (unpaired) electrons. The number of likely N-dealkylation sites (tertiary alicyclic amines) is 1. The van der Waals surface area contributed by atoms with E-state index in [9.17, 15) is 35.1 Å². The molecule has 2 aliphatic heterocycles. The maximum atomic E-state index is 14.1. The van der Waals surface area contributed by atoms with Crippen molar-refractivity contribution in [3.8, 4) is 28.3 Å². The summed E-state index contributed by atoms with van der Waals surface area (Å²) in [5.41, 5.74) is 4.47. The van der Waals surface area contributed by atoms with Crippen molar-refractivity contribution in [1.82, 2.24) is 35.7 Å². The molecule has 4 aromatic rings. The standard InChI is InChI=1S/C53H68N10O7S/c1-32(34-10-12-35(13-11-34)44-33(2)57-31-71-44)58-47(67)41-25-39(64)29-63(41)48(68)45(51(3,4)5)59-43(65)30-69-23-22-61-18-20-62(21-19-61)42-17-15-37(28-56-42)46(66)60-49-52(6,7)50(53(49,8)9)70-40-16-14-36(26-54)38(24-40)27-55/h10-17,24,28,31-32,39,41,45-46,49-50,60,64,66H,18-23,25,29-30H2,1-9H3,(H,58,67)(H,59,65)/t32-,39+,41-,45+,46?,49?,50?/m0/s1. The molecule has 3 aliphatic rings. The fraction of sp³-hybridized carbons (Fsp3) is 0.528. The number of nitrogens with zero attached hydrogens (tertiary/aromatic N) is 7. The van der Waals surface area contributed by atoms with Crippen LogP contribution in [0.25, 0.3) is 10.4 Å². The summed E-state index contributed by atoms with van der Waals surface area (Å²) in [6, 6.07) is 18.4. The normalized spacial score (nSPS) is 22.0. The van der Waals surface area contributed by atoms with Gasteiger partial charge in [0.15, 0.2) is 0 Å². The molecule has 378 valence electrons. The highest BCUT2D eigenvalue weighted by molar-refractivity contribution is 7.13. The highest BCUT2D eigenvalue weighted by atomic mass is 32.1. The minimum absolute atomic E-state index is 0.0188. The Kier molecular flexibility index (Phi) is 16.2. The van der Waals surface area contributed by atoms with Crippen molar-refractivity contribution in [3.63, 3.8) is 0 Å². The molecule has 5 atom stereocenters. The van der Waals surface area contributed by atoms with Crippen LogP contribution in [0, 0.1) is 45.8 Å². The van der Waals surface area contributed by atoms with Crippen LogP contribution in [-0.2, 0) is 19.1 Å². The number of aliphatic hydroxyl groups is 2. The number of thiazole rings is 1. The number of carbonyl (C=O) groups is 3. The SMILES string of the molecule is Cc1ncsc1-c1ccc([C@H](C)NC(=O)[C@@H]2C[C@@H](O)CN2C(=O)[C@@H](NC(=O)COCCN2CCN(c3ccc(C(O)NC4C(C)(C)C(Oc5ccc(C#N)c(C#N)c5)C4(C)C)cn3)CC2)C(C)(C)C)cc1. The molecular weight excluding hydrogens is 921 g/mol. The number of aromatic nitrogens is 2. The molecule has 0 bridgehead atoms. The highest BCUT2D eigenvalue weighted by Gasteiger charge is 2.64. The number of benzene rings is 2. The molecule has 3 fully saturated rings. The molecule has 4 heterocycles. The minimum atomic E-state index is -0.965. The van der Waals surface area contributed by atoms with E-state index < -0.39 is 41.6 Å². The highest BCUT2D eigenvalue weighted by Crippen LogP contribution is 2.56. The van der Waals surface area contributed by atoms with Crippen LogP contribution in [0.5, 0.6) is 5.75 Å². The van der Waals surface area contributed by atoms with Gasteiger partial charge in [0.25, 0.3) is 0 Å². The lowest BCUT2D eigenvalue weighted by Crippen LogP contribution is -2.74. The number of aliphatic hydroxyl groups excluding tert-OH is 2. The smallest absolute Gasteiger partial charge is 0.246 e. The number of hydrogen-bond donors (Lipinski definition) is 5. The maximum Gasteiger partial charge on any atom is 0.246 e. The van der Waals surface area contributed by atoms with Gasteiger partial charge in [0.05, 0.1) is 46.0 Å². The van der Waals surface area contributed by atoms with Crippen LogP contribution >= 0.6 is 11.3 Å². The zero-order valence-corrected chi connectivity index (χ0v) is 43.0. The molecule has 0 spiro atoms. The predicted octanol–water partition coefficient (Wildman–Crippen LogP) is 5.23. The first-order chi connectivity index (χ1) is 33.6. The Hall–Kier alpha value is -5.99. The van der Waals surface area contributed by atoms with E-state index in [1.807, 2.05) is 82.6 Å².